The normalized spacial score (nSPS) is 14.9. The number of nitrogens with zero attached hydrogens (tertiary/aromatic N) is 2. The third kappa shape index (κ3) is 5.70. The molecular formula is C30H23F4N5O3. The van der Waals surface area contributed by atoms with Crippen LogP contribution in [0.1, 0.15) is 45.6 Å². The van der Waals surface area contributed by atoms with Crippen molar-refractivity contribution in [1.82, 2.24) is 10.3 Å². The fourth-order valence-corrected chi connectivity index (χ4v) is 5.08. The van der Waals surface area contributed by atoms with Crippen LogP contribution in [-0.2, 0) is 16.0 Å². The zero-order chi connectivity index (χ0) is 30.1. The van der Waals surface area contributed by atoms with Crippen molar-refractivity contribution in [2.45, 2.75) is 24.8 Å². The number of halogens is 4. The minimum absolute atomic E-state index is 0.138. The lowest BCUT2D eigenvalue weighted by molar-refractivity contribution is -0.126. The Balaban J connectivity index is 1.52. The number of hydrazine groups is 1. The molecule has 214 valence electrons. The van der Waals surface area contributed by atoms with Crippen LogP contribution in [-0.4, -0.2) is 22.7 Å². The van der Waals surface area contributed by atoms with Gasteiger partial charge in [-0.3, -0.25) is 19.4 Å². The van der Waals surface area contributed by atoms with Crippen LogP contribution in [0.4, 0.5) is 23.2 Å². The van der Waals surface area contributed by atoms with Gasteiger partial charge in [0.2, 0.25) is 11.8 Å². The summed E-state index contributed by atoms with van der Waals surface area (Å²) < 4.78 is 56.3. The van der Waals surface area contributed by atoms with E-state index in [1.807, 2.05) is 0 Å². The molecule has 5 rings (SSSR count). The molecule has 42 heavy (non-hydrogen) atoms. The second-order valence-electron chi connectivity index (χ2n) is 9.77. The Morgan fingerprint density at radius 2 is 1.69 bits per heavy atom. The number of carbonyl (C=O) groups excluding carboxylic acids is 3. The molecule has 4 aromatic rings. The van der Waals surface area contributed by atoms with E-state index in [0.29, 0.717) is 17.2 Å². The fraction of sp³-hybridized carbons (Fsp3) is 0.133. The SMILES string of the molecule is NC(=O)c1cc(-c2cccnc2[C@H](Cc2cc(F)cc(F)c2)NC(=O)CC2C(=O)N(N)c3ccc(F)cc32)ccc1F. The minimum Gasteiger partial charge on any atom is -0.366 e. The number of nitrogens with one attached hydrogen (secondary N) is 1. The molecule has 0 radical (unpaired) electrons. The number of hydrogen-bond donors (Lipinski definition) is 3. The van der Waals surface area contributed by atoms with E-state index in [4.69, 9.17) is 11.6 Å². The first-order chi connectivity index (χ1) is 20.0. The van der Waals surface area contributed by atoms with E-state index in [1.165, 1.54) is 24.4 Å². The number of primary amides is 1. The molecule has 1 unspecified atom stereocenters. The van der Waals surface area contributed by atoms with Gasteiger partial charge in [-0.05, 0) is 71.6 Å². The van der Waals surface area contributed by atoms with Gasteiger partial charge in [0, 0.05) is 24.2 Å². The molecule has 8 nitrogen and oxygen atoms in total. The summed E-state index contributed by atoms with van der Waals surface area (Å²) in [6.45, 7) is 0. The van der Waals surface area contributed by atoms with Gasteiger partial charge < -0.3 is 11.1 Å². The molecule has 1 aliphatic rings. The van der Waals surface area contributed by atoms with Gasteiger partial charge in [-0.25, -0.2) is 28.4 Å². The third-order valence-electron chi connectivity index (χ3n) is 6.96. The van der Waals surface area contributed by atoms with Crippen molar-refractivity contribution in [1.29, 1.82) is 0 Å². The maximum Gasteiger partial charge on any atom is 0.251 e. The molecule has 0 saturated carbocycles. The number of nitrogens with two attached hydrogens (primary N) is 2. The smallest absolute Gasteiger partial charge is 0.251 e. The highest BCUT2D eigenvalue weighted by molar-refractivity contribution is 6.06. The number of rotatable bonds is 8. The summed E-state index contributed by atoms with van der Waals surface area (Å²) in [6, 6.07) is 12.4. The van der Waals surface area contributed by atoms with Crippen molar-refractivity contribution in [2.24, 2.45) is 11.6 Å². The van der Waals surface area contributed by atoms with Crippen LogP contribution in [0.15, 0.2) is 72.9 Å². The quantitative estimate of drug-likeness (QED) is 0.164. The van der Waals surface area contributed by atoms with Gasteiger partial charge in [0.25, 0.3) is 5.91 Å². The highest BCUT2D eigenvalue weighted by Gasteiger charge is 2.38. The minimum atomic E-state index is -1.08. The van der Waals surface area contributed by atoms with Crippen LogP contribution in [0.25, 0.3) is 11.1 Å². The number of pyridine rings is 1. The molecule has 2 atom stereocenters. The van der Waals surface area contributed by atoms with Crippen LogP contribution in [0.5, 0.6) is 0 Å². The molecule has 3 amide bonds. The second-order valence-corrected chi connectivity index (χ2v) is 9.77. The maximum atomic E-state index is 14.2. The number of amides is 3. The number of aromatic nitrogens is 1. The van der Waals surface area contributed by atoms with E-state index in [0.717, 1.165) is 35.3 Å². The van der Waals surface area contributed by atoms with Crippen molar-refractivity contribution >= 4 is 23.4 Å². The zero-order valence-corrected chi connectivity index (χ0v) is 21.8. The number of carbonyl (C=O) groups is 3. The van der Waals surface area contributed by atoms with Gasteiger partial charge in [-0.1, -0.05) is 12.1 Å². The fourth-order valence-electron chi connectivity index (χ4n) is 5.08. The summed E-state index contributed by atoms with van der Waals surface area (Å²) >= 11 is 0. The molecule has 0 bridgehead atoms. The molecule has 0 fully saturated rings. The molecule has 0 spiro atoms. The first kappa shape index (κ1) is 28.4. The Labute approximate surface area is 236 Å². The lowest BCUT2D eigenvalue weighted by Gasteiger charge is -2.22. The van der Waals surface area contributed by atoms with Crippen LogP contribution < -0.4 is 21.9 Å². The first-order valence-corrected chi connectivity index (χ1v) is 12.7. The van der Waals surface area contributed by atoms with Crippen molar-refractivity contribution in [2.75, 3.05) is 5.01 Å². The molecule has 1 aromatic heterocycles. The Hall–Kier alpha value is -5.10. The van der Waals surface area contributed by atoms with Gasteiger partial charge in [0.05, 0.1) is 28.9 Å². The Morgan fingerprint density at radius 1 is 0.952 bits per heavy atom. The molecule has 0 saturated heterocycles. The average molecular weight is 578 g/mol. The second kappa shape index (κ2) is 11.4. The van der Waals surface area contributed by atoms with Crippen LogP contribution in [0.3, 0.4) is 0 Å². The monoisotopic (exact) mass is 577 g/mol. The van der Waals surface area contributed by atoms with Crippen molar-refractivity contribution < 1.29 is 31.9 Å². The maximum absolute atomic E-state index is 14.2. The summed E-state index contributed by atoms with van der Waals surface area (Å²) in [4.78, 5) is 42.4. The van der Waals surface area contributed by atoms with Gasteiger partial charge in [-0.2, -0.15) is 0 Å². The summed E-state index contributed by atoms with van der Waals surface area (Å²) in [6.07, 6.45) is 0.872. The van der Waals surface area contributed by atoms with E-state index in [9.17, 15) is 31.9 Å². The van der Waals surface area contributed by atoms with E-state index >= 15 is 0 Å². The van der Waals surface area contributed by atoms with Crippen LogP contribution >= 0.6 is 0 Å². The Kier molecular flexibility index (Phi) is 7.72. The number of benzene rings is 3. The molecular weight excluding hydrogens is 554 g/mol. The largest absolute Gasteiger partial charge is 0.366 e. The van der Waals surface area contributed by atoms with E-state index < -0.39 is 59.4 Å². The van der Waals surface area contributed by atoms with E-state index in [2.05, 4.69) is 10.3 Å². The van der Waals surface area contributed by atoms with Crippen LogP contribution in [0.2, 0.25) is 0 Å². The molecule has 3 aromatic carbocycles. The number of hydrogen-bond acceptors (Lipinski definition) is 5. The van der Waals surface area contributed by atoms with Crippen molar-refractivity contribution in [3.05, 3.63) is 119 Å². The predicted octanol–water partition coefficient (Wildman–Crippen LogP) is 4.20. The lowest BCUT2D eigenvalue weighted by Crippen LogP contribution is -2.37. The van der Waals surface area contributed by atoms with Crippen molar-refractivity contribution in [3.8, 4) is 11.1 Å². The number of anilines is 1. The number of fused-ring (bicyclic) bond motifs is 1. The Morgan fingerprint density at radius 3 is 2.40 bits per heavy atom. The van der Waals surface area contributed by atoms with Gasteiger partial charge >= 0.3 is 0 Å². The van der Waals surface area contributed by atoms with Crippen LogP contribution in [0, 0.1) is 23.3 Å². The summed E-state index contributed by atoms with van der Waals surface area (Å²) in [5.74, 6) is -0.604. The average Bonchev–Trinajstić information content (AvgIpc) is 3.16. The van der Waals surface area contributed by atoms with E-state index in [-0.39, 0.29) is 34.5 Å². The third-order valence-corrected chi connectivity index (χ3v) is 6.96. The molecule has 12 heteroatoms. The standard InChI is InChI=1S/C30H23F4N5O3/c31-17-4-6-26-21(13-17)22(30(42)39(26)36)14-27(40)38-25(10-15-8-18(32)12-19(33)9-15)28-20(2-1-7-37-28)16-3-5-24(34)23(11-16)29(35)41/h1-9,11-13,22,25H,10,14,36H2,(H2,35,41)(H,38,40)/t22?,25-/m0/s1. The highest BCUT2D eigenvalue weighted by Crippen LogP contribution is 2.38. The summed E-state index contributed by atoms with van der Waals surface area (Å²) in [5, 5.41) is 3.62. The van der Waals surface area contributed by atoms with E-state index in [1.54, 1.807) is 12.1 Å². The molecule has 1 aliphatic heterocycles. The summed E-state index contributed by atoms with van der Waals surface area (Å²) in [7, 11) is 0. The predicted molar refractivity (Wildman–Crippen MR) is 145 cm³/mol. The lowest BCUT2D eigenvalue weighted by atomic mass is 9.93. The zero-order valence-electron chi connectivity index (χ0n) is 21.8. The molecule has 0 aliphatic carbocycles. The highest BCUT2D eigenvalue weighted by atomic mass is 19.1. The van der Waals surface area contributed by atoms with Gasteiger partial charge in [0.15, 0.2) is 0 Å². The van der Waals surface area contributed by atoms with Gasteiger partial charge in [-0.15, -0.1) is 0 Å². The molecule has 5 N–H and O–H groups in total. The van der Waals surface area contributed by atoms with Crippen molar-refractivity contribution in [3.63, 3.8) is 0 Å². The van der Waals surface area contributed by atoms with Gasteiger partial charge in [0.1, 0.15) is 23.3 Å². The first-order valence-electron chi connectivity index (χ1n) is 12.7. The molecule has 2 heterocycles. The summed E-state index contributed by atoms with van der Waals surface area (Å²) in [5.41, 5.74) is 6.57. The topological polar surface area (TPSA) is 131 Å². The Bertz CT molecular complexity index is 1710.